The fourth-order valence-electron chi connectivity index (χ4n) is 2.51. The van der Waals surface area contributed by atoms with E-state index in [0.29, 0.717) is 6.04 Å². The molecule has 2 unspecified atom stereocenters. The largest absolute Gasteiger partial charge is 0.497 e. The number of nitrogens with one attached hydrogen (secondary N) is 1. The second-order valence-corrected chi connectivity index (χ2v) is 5.12. The summed E-state index contributed by atoms with van der Waals surface area (Å²) in [4.78, 5) is 0. The number of fused-ring (bicyclic) bond motifs is 1. The summed E-state index contributed by atoms with van der Waals surface area (Å²) in [5.41, 5.74) is 1.15. The van der Waals surface area contributed by atoms with E-state index < -0.39 is 0 Å². The number of ether oxygens (including phenoxy) is 2. The zero-order valence-electron chi connectivity index (χ0n) is 11.7. The van der Waals surface area contributed by atoms with Gasteiger partial charge in [0.1, 0.15) is 17.1 Å². The van der Waals surface area contributed by atoms with Crippen LogP contribution in [0.3, 0.4) is 0 Å². The molecule has 0 saturated heterocycles. The number of benzene rings is 1. The molecule has 1 aromatic carbocycles. The van der Waals surface area contributed by atoms with Gasteiger partial charge < -0.3 is 14.8 Å². The minimum atomic E-state index is -0.0911. The van der Waals surface area contributed by atoms with Crippen molar-refractivity contribution in [3.63, 3.8) is 0 Å². The summed E-state index contributed by atoms with van der Waals surface area (Å²) in [6.45, 7) is 7.46. The molecule has 18 heavy (non-hydrogen) atoms. The second kappa shape index (κ2) is 5.19. The fraction of sp³-hybridized carbons (Fsp3) is 0.600. The monoisotopic (exact) mass is 249 g/mol. The minimum Gasteiger partial charge on any atom is -0.497 e. The van der Waals surface area contributed by atoms with Crippen molar-refractivity contribution in [2.75, 3.05) is 13.7 Å². The third-order valence-corrected chi connectivity index (χ3v) is 3.79. The SMILES string of the molecule is CCNC1CC(C)(CC)Oc2cc(OC)ccc21. The van der Waals surface area contributed by atoms with Crippen LogP contribution in [0.15, 0.2) is 18.2 Å². The molecule has 0 radical (unpaired) electrons. The molecular formula is C15H23NO2. The maximum Gasteiger partial charge on any atom is 0.128 e. The van der Waals surface area contributed by atoms with Gasteiger partial charge in [-0.2, -0.15) is 0 Å². The number of hydrogen-bond donors (Lipinski definition) is 1. The van der Waals surface area contributed by atoms with Gasteiger partial charge in [-0.05, 0) is 26.0 Å². The highest BCUT2D eigenvalue weighted by Crippen LogP contribution is 2.42. The Hall–Kier alpha value is -1.22. The highest BCUT2D eigenvalue weighted by atomic mass is 16.5. The molecule has 0 amide bonds. The van der Waals surface area contributed by atoms with E-state index in [1.54, 1.807) is 7.11 Å². The molecule has 100 valence electrons. The quantitative estimate of drug-likeness (QED) is 0.888. The van der Waals surface area contributed by atoms with Gasteiger partial charge in [-0.3, -0.25) is 0 Å². The third kappa shape index (κ3) is 2.46. The van der Waals surface area contributed by atoms with Gasteiger partial charge in [0.2, 0.25) is 0 Å². The molecule has 0 fully saturated rings. The van der Waals surface area contributed by atoms with E-state index in [-0.39, 0.29) is 5.60 Å². The Morgan fingerprint density at radius 2 is 2.22 bits per heavy atom. The first kappa shape index (κ1) is 13.2. The maximum absolute atomic E-state index is 6.17. The predicted octanol–water partition coefficient (Wildman–Crippen LogP) is 3.30. The van der Waals surface area contributed by atoms with Gasteiger partial charge in [-0.15, -0.1) is 0 Å². The van der Waals surface area contributed by atoms with E-state index in [0.717, 1.165) is 30.9 Å². The molecule has 3 heteroatoms. The van der Waals surface area contributed by atoms with E-state index in [1.807, 2.05) is 12.1 Å². The molecule has 0 bridgehead atoms. The van der Waals surface area contributed by atoms with Crippen LogP contribution in [0.1, 0.15) is 45.2 Å². The lowest BCUT2D eigenvalue weighted by Gasteiger charge is -2.40. The lowest BCUT2D eigenvalue weighted by molar-refractivity contribution is 0.0443. The van der Waals surface area contributed by atoms with Crippen LogP contribution in [0.25, 0.3) is 0 Å². The number of rotatable bonds is 4. The fourth-order valence-corrected chi connectivity index (χ4v) is 2.51. The molecule has 3 nitrogen and oxygen atoms in total. The van der Waals surface area contributed by atoms with Gasteiger partial charge in [-0.25, -0.2) is 0 Å². The summed E-state index contributed by atoms with van der Waals surface area (Å²) in [5.74, 6) is 1.81. The molecule has 1 heterocycles. The van der Waals surface area contributed by atoms with Crippen LogP contribution in [0.5, 0.6) is 11.5 Å². The molecular weight excluding hydrogens is 226 g/mol. The highest BCUT2D eigenvalue weighted by Gasteiger charge is 2.35. The van der Waals surface area contributed by atoms with Gasteiger partial charge in [0.05, 0.1) is 7.11 Å². The Labute approximate surface area is 109 Å². The van der Waals surface area contributed by atoms with Crippen LogP contribution in [0.4, 0.5) is 0 Å². The van der Waals surface area contributed by atoms with E-state index in [9.17, 15) is 0 Å². The maximum atomic E-state index is 6.17. The van der Waals surface area contributed by atoms with Crippen molar-refractivity contribution in [2.45, 2.75) is 45.3 Å². The summed E-state index contributed by atoms with van der Waals surface area (Å²) < 4.78 is 11.4. The summed E-state index contributed by atoms with van der Waals surface area (Å²) >= 11 is 0. The molecule has 1 N–H and O–H groups in total. The summed E-state index contributed by atoms with van der Waals surface area (Å²) in [5, 5.41) is 3.55. The summed E-state index contributed by atoms with van der Waals surface area (Å²) in [6, 6.07) is 6.47. The number of hydrogen-bond acceptors (Lipinski definition) is 3. The Bertz CT molecular complexity index is 419. The topological polar surface area (TPSA) is 30.5 Å². The third-order valence-electron chi connectivity index (χ3n) is 3.79. The molecule has 2 rings (SSSR count). The first-order valence-corrected chi connectivity index (χ1v) is 6.72. The molecule has 0 saturated carbocycles. The van der Waals surface area contributed by atoms with E-state index in [1.165, 1.54) is 5.56 Å². The second-order valence-electron chi connectivity index (χ2n) is 5.12. The Morgan fingerprint density at radius 3 is 2.83 bits per heavy atom. The van der Waals surface area contributed by atoms with Crippen molar-refractivity contribution in [3.8, 4) is 11.5 Å². The van der Waals surface area contributed by atoms with Crippen molar-refractivity contribution >= 4 is 0 Å². The Balaban J connectivity index is 2.37. The molecule has 0 aromatic heterocycles. The van der Waals surface area contributed by atoms with Crippen molar-refractivity contribution < 1.29 is 9.47 Å². The molecule has 1 aromatic rings. The smallest absolute Gasteiger partial charge is 0.128 e. The minimum absolute atomic E-state index is 0.0911. The molecule has 1 aliphatic heterocycles. The van der Waals surface area contributed by atoms with Gasteiger partial charge in [-0.1, -0.05) is 19.9 Å². The zero-order chi connectivity index (χ0) is 13.2. The van der Waals surface area contributed by atoms with Crippen LogP contribution in [-0.4, -0.2) is 19.3 Å². The lowest BCUT2D eigenvalue weighted by Crippen LogP contribution is -2.41. The summed E-state index contributed by atoms with van der Waals surface area (Å²) in [6.07, 6.45) is 2.02. The Kier molecular flexibility index (Phi) is 3.81. The average molecular weight is 249 g/mol. The molecule has 1 aliphatic rings. The average Bonchev–Trinajstić information content (AvgIpc) is 2.38. The van der Waals surface area contributed by atoms with Gasteiger partial charge in [0.25, 0.3) is 0 Å². The van der Waals surface area contributed by atoms with Crippen LogP contribution in [0, 0.1) is 0 Å². The van der Waals surface area contributed by atoms with E-state index >= 15 is 0 Å². The highest BCUT2D eigenvalue weighted by molar-refractivity contribution is 5.44. The number of methoxy groups -OCH3 is 1. The zero-order valence-corrected chi connectivity index (χ0v) is 11.7. The van der Waals surface area contributed by atoms with Gasteiger partial charge >= 0.3 is 0 Å². The summed E-state index contributed by atoms with van der Waals surface area (Å²) in [7, 11) is 1.69. The molecule has 2 atom stereocenters. The van der Waals surface area contributed by atoms with Gasteiger partial charge in [0.15, 0.2) is 0 Å². The first-order chi connectivity index (χ1) is 8.61. The van der Waals surface area contributed by atoms with E-state index in [2.05, 4.69) is 32.2 Å². The molecule has 0 aliphatic carbocycles. The van der Waals surface area contributed by atoms with Crippen LogP contribution < -0.4 is 14.8 Å². The van der Waals surface area contributed by atoms with Crippen molar-refractivity contribution in [1.82, 2.24) is 5.32 Å². The van der Waals surface area contributed by atoms with E-state index in [4.69, 9.17) is 9.47 Å². The first-order valence-electron chi connectivity index (χ1n) is 6.72. The van der Waals surface area contributed by atoms with Crippen molar-refractivity contribution in [1.29, 1.82) is 0 Å². The van der Waals surface area contributed by atoms with Crippen LogP contribution in [-0.2, 0) is 0 Å². The van der Waals surface area contributed by atoms with Gasteiger partial charge in [0, 0.05) is 24.1 Å². The van der Waals surface area contributed by atoms with Crippen molar-refractivity contribution in [2.24, 2.45) is 0 Å². The Morgan fingerprint density at radius 1 is 1.44 bits per heavy atom. The molecule has 0 spiro atoms. The van der Waals surface area contributed by atoms with Crippen LogP contribution >= 0.6 is 0 Å². The lowest BCUT2D eigenvalue weighted by atomic mass is 9.86. The standard InChI is InChI=1S/C15H23NO2/c1-5-15(3)10-13(16-6-2)12-8-7-11(17-4)9-14(12)18-15/h7-9,13,16H,5-6,10H2,1-4H3. The van der Waals surface area contributed by atoms with Crippen molar-refractivity contribution in [3.05, 3.63) is 23.8 Å². The predicted molar refractivity (Wildman–Crippen MR) is 73.4 cm³/mol. The normalized spacial score (nSPS) is 26.3. The van der Waals surface area contributed by atoms with Crippen LogP contribution in [0.2, 0.25) is 0 Å².